The largest absolute Gasteiger partial charge is 0.507 e. The van der Waals surface area contributed by atoms with Gasteiger partial charge in [-0.15, -0.1) is 0 Å². The van der Waals surface area contributed by atoms with E-state index in [4.69, 9.17) is 0 Å². The molecule has 1 N–H and O–H groups in total. The van der Waals surface area contributed by atoms with Crippen molar-refractivity contribution in [3.8, 4) is 0 Å². The fourth-order valence-electron chi connectivity index (χ4n) is 8.29. The Kier molecular flexibility index (Phi) is 13.7. The van der Waals surface area contributed by atoms with Gasteiger partial charge in [-0.2, -0.15) is 0 Å². The van der Waals surface area contributed by atoms with Crippen LogP contribution in [0.3, 0.4) is 0 Å². The van der Waals surface area contributed by atoms with Gasteiger partial charge in [-0.1, -0.05) is 146 Å². The molecule has 4 aromatic rings. The number of aliphatic hydroxyl groups is 1. The molecule has 3 aliphatic rings. The Balaban J connectivity index is 0.000000313. The monoisotopic (exact) mass is 761 g/mol. The molecule has 0 saturated heterocycles. The molecule has 0 fully saturated rings. The molecule has 0 bridgehead atoms. The van der Waals surface area contributed by atoms with Crippen LogP contribution in [0, 0.1) is 5.41 Å². The molecule has 0 unspecified atom stereocenters. The molecule has 3 aliphatic carbocycles. The highest BCUT2D eigenvalue weighted by molar-refractivity contribution is 6.40. The predicted molar refractivity (Wildman–Crippen MR) is 237 cm³/mol. The summed E-state index contributed by atoms with van der Waals surface area (Å²) in [6.07, 6.45) is 23.6. The predicted octanol–water partition coefficient (Wildman–Crippen LogP) is 13.2. The number of allylic oxidation sites excluding steroid dienone is 9. The summed E-state index contributed by atoms with van der Waals surface area (Å²) in [5.41, 5.74) is 4.36. The molecule has 0 heterocycles. The number of ketones is 3. The number of aliphatic hydroxyl groups excluding tert-OH is 1. The Hall–Kier alpha value is -5.13. The van der Waals surface area contributed by atoms with E-state index in [9.17, 15) is 19.5 Å². The number of benzene rings is 4. The van der Waals surface area contributed by atoms with Crippen LogP contribution in [0.15, 0.2) is 125 Å². The Morgan fingerprint density at radius 2 is 1.12 bits per heavy atom. The lowest BCUT2D eigenvalue weighted by Crippen LogP contribution is -2.18. The fourth-order valence-corrected chi connectivity index (χ4v) is 8.29. The number of hydrogen-bond donors (Lipinski definition) is 1. The van der Waals surface area contributed by atoms with E-state index < -0.39 is 0 Å². The summed E-state index contributed by atoms with van der Waals surface area (Å²) in [7, 11) is 2.21. The van der Waals surface area contributed by atoms with E-state index in [1.54, 1.807) is 24.3 Å². The van der Waals surface area contributed by atoms with Gasteiger partial charge in [0.2, 0.25) is 0 Å². The third kappa shape index (κ3) is 10.1. The van der Waals surface area contributed by atoms with E-state index in [1.165, 1.54) is 70.9 Å². The lowest BCUT2D eigenvalue weighted by atomic mass is 9.75. The summed E-state index contributed by atoms with van der Waals surface area (Å²) in [5, 5.41) is 14.7. The van der Waals surface area contributed by atoms with Gasteiger partial charge < -0.3 is 10.0 Å². The van der Waals surface area contributed by atoms with Crippen LogP contribution in [-0.4, -0.2) is 47.5 Å². The SMILES string of the molecule is CC1(C)CC(/C=C/C2=C(O)c3cc4ccccc4cc3C2=O)=CC(=C/C=C2C(=O)c3cc4ccccc4cc3C2=O)/C1.CCCCCCCCCCCN(C)CC. The highest BCUT2D eigenvalue weighted by atomic mass is 16.3. The van der Waals surface area contributed by atoms with Gasteiger partial charge in [-0.25, -0.2) is 0 Å². The minimum absolute atomic E-state index is 0.00124. The molecule has 0 saturated carbocycles. The number of rotatable bonds is 14. The van der Waals surface area contributed by atoms with Gasteiger partial charge in [0.15, 0.2) is 17.3 Å². The van der Waals surface area contributed by atoms with Gasteiger partial charge in [0, 0.05) is 22.3 Å². The van der Waals surface area contributed by atoms with Crippen LogP contribution in [-0.2, 0) is 0 Å². The highest BCUT2D eigenvalue weighted by Gasteiger charge is 2.33. The molecule has 0 spiro atoms. The molecule has 57 heavy (non-hydrogen) atoms. The lowest BCUT2D eigenvalue weighted by molar-refractivity contribution is 0.0986. The van der Waals surface area contributed by atoms with E-state index >= 15 is 0 Å². The Morgan fingerprint density at radius 1 is 0.632 bits per heavy atom. The molecule has 0 amide bonds. The third-order valence-electron chi connectivity index (χ3n) is 11.6. The van der Waals surface area contributed by atoms with E-state index in [0.717, 1.165) is 45.5 Å². The summed E-state index contributed by atoms with van der Waals surface area (Å²) < 4.78 is 0. The van der Waals surface area contributed by atoms with Crippen LogP contribution in [0.2, 0.25) is 0 Å². The number of hydrogen-bond acceptors (Lipinski definition) is 5. The summed E-state index contributed by atoms with van der Waals surface area (Å²) in [4.78, 5) is 42.0. The lowest BCUT2D eigenvalue weighted by Gasteiger charge is -2.30. The molecule has 296 valence electrons. The third-order valence-corrected chi connectivity index (χ3v) is 11.6. The molecule has 5 nitrogen and oxygen atoms in total. The first-order valence-corrected chi connectivity index (χ1v) is 21.1. The Bertz CT molecular complexity index is 2260. The van der Waals surface area contributed by atoms with Crippen molar-refractivity contribution >= 4 is 44.7 Å². The van der Waals surface area contributed by atoms with Gasteiger partial charge in [-0.05, 0) is 114 Å². The standard InChI is InChI=1S/C38H28O4.C14H31N/c1-38(2)20-22(11-13-28-34(39)30-16-24-7-3-4-8-25(24)17-31(30)35(28)40)15-23(21-38)12-14-29-36(41)32-18-26-9-5-6-10-27(26)19-33(32)37(29)42;1-4-6-7-8-9-10-11-12-13-14-15(3)5-2/h3-19,39H,20-21H2,1-2H3;4-14H2,1-3H3/b13-11+,23-12-;. The van der Waals surface area contributed by atoms with Crippen LogP contribution in [0.1, 0.15) is 135 Å². The van der Waals surface area contributed by atoms with Crippen LogP contribution in [0.25, 0.3) is 27.3 Å². The van der Waals surface area contributed by atoms with Crippen molar-refractivity contribution in [2.75, 3.05) is 20.1 Å². The molecule has 5 heteroatoms. The van der Waals surface area contributed by atoms with E-state index in [1.807, 2.05) is 78.9 Å². The van der Waals surface area contributed by atoms with Crippen molar-refractivity contribution in [2.45, 2.75) is 98.3 Å². The average Bonchev–Trinajstić information content (AvgIpc) is 3.57. The molecule has 7 rings (SSSR count). The molecular weight excluding hydrogens is 703 g/mol. The number of unbranched alkanes of at least 4 members (excludes halogenated alkanes) is 8. The number of carbonyl (C=O) groups excluding carboxylic acids is 3. The average molecular weight is 762 g/mol. The zero-order valence-electron chi connectivity index (χ0n) is 34.6. The number of carbonyl (C=O) groups is 3. The van der Waals surface area contributed by atoms with Gasteiger partial charge in [0.25, 0.3) is 0 Å². The van der Waals surface area contributed by atoms with Crippen molar-refractivity contribution < 1.29 is 19.5 Å². The van der Waals surface area contributed by atoms with Crippen molar-refractivity contribution in [1.82, 2.24) is 4.90 Å². The normalized spacial score (nSPS) is 16.9. The second-order valence-electron chi connectivity index (χ2n) is 16.9. The molecule has 0 radical (unpaired) electrons. The molecule has 0 aromatic heterocycles. The first kappa shape index (κ1) is 41.5. The molecule has 0 atom stereocenters. The first-order valence-electron chi connectivity index (χ1n) is 21.1. The van der Waals surface area contributed by atoms with Crippen molar-refractivity contribution in [1.29, 1.82) is 0 Å². The van der Waals surface area contributed by atoms with Gasteiger partial charge in [0.1, 0.15) is 5.76 Å². The minimum atomic E-state index is -0.244. The van der Waals surface area contributed by atoms with Crippen LogP contribution in [0.4, 0.5) is 0 Å². The van der Waals surface area contributed by atoms with Crippen molar-refractivity contribution in [3.05, 3.63) is 148 Å². The minimum Gasteiger partial charge on any atom is -0.507 e. The van der Waals surface area contributed by atoms with E-state index in [2.05, 4.69) is 39.6 Å². The first-order chi connectivity index (χ1) is 27.5. The molecule has 4 aromatic carbocycles. The number of Topliss-reactive ketones (excluding diaryl/α,β-unsaturated/α-hetero) is 3. The zero-order chi connectivity index (χ0) is 40.5. The second-order valence-corrected chi connectivity index (χ2v) is 16.9. The number of fused-ring (bicyclic) bond motifs is 4. The summed E-state index contributed by atoms with van der Waals surface area (Å²) in [5.74, 6) is -0.679. The van der Waals surface area contributed by atoms with E-state index in [0.29, 0.717) is 22.3 Å². The Labute approximate surface area is 339 Å². The molecular formula is C52H59NO4. The molecule has 0 aliphatic heterocycles. The maximum atomic E-state index is 13.2. The summed E-state index contributed by atoms with van der Waals surface area (Å²) in [6, 6.07) is 22.8. The number of nitrogens with zero attached hydrogens (tertiary/aromatic N) is 1. The van der Waals surface area contributed by atoms with Gasteiger partial charge >= 0.3 is 0 Å². The summed E-state index contributed by atoms with van der Waals surface area (Å²) in [6.45, 7) is 11.3. The van der Waals surface area contributed by atoms with Crippen molar-refractivity contribution in [2.24, 2.45) is 5.41 Å². The van der Waals surface area contributed by atoms with Crippen LogP contribution < -0.4 is 0 Å². The van der Waals surface area contributed by atoms with Crippen LogP contribution >= 0.6 is 0 Å². The Morgan fingerprint density at radius 3 is 1.65 bits per heavy atom. The highest BCUT2D eigenvalue weighted by Crippen LogP contribution is 2.40. The quantitative estimate of drug-likeness (QED) is 0.0787. The maximum absolute atomic E-state index is 13.2. The smallest absolute Gasteiger partial charge is 0.197 e. The van der Waals surface area contributed by atoms with Crippen molar-refractivity contribution in [3.63, 3.8) is 0 Å². The van der Waals surface area contributed by atoms with Gasteiger partial charge in [-0.3, -0.25) is 14.4 Å². The summed E-state index contributed by atoms with van der Waals surface area (Å²) >= 11 is 0. The fraction of sp³-hybridized carbons (Fsp3) is 0.365. The van der Waals surface area contributed by atoms with Gasteiger partial charge in [0.05, 0.1) is 11.1 Å². The second kappa shape index (κ2) is 18.9. The van der Waals surface area contributed by atoms with Crippen LogP contribution in [0.5, 0.6) is 0 Å². The topological polar surface area (TPSA) is 74.7 Å². The van der Waals surface area contributed by atoms with E-state index in [-0.39, 0.29) is 39.7 Å². The maximum Gasteiger partial charge on any atom is 0.197 e. The zero-order valence-corrected chi connectivity index (χ0v) is 34.6.